The van der Waals surface area contributed by atoms with Crippen LogP contribution in [0.5, 0.6) is 0 Å². The van der Waals surface area contributed by atoms with Gasteiger partial charge in [-0.2, -0.15) is 0 Å². The minimum atomic E-state index is 0.124. The molecule has 0 unspecified atom stereocenters. The van der Waals surface area contributed by atoms with E-state index in [9.17, 15) is 4.79 Å². The van der Waals surface area contributed by atoms with Crippen LogP contribution in [0.15, 0.2) is 28.7 Å². The van der Waals surface area contributed by atoms with Gasteiger partial charge in [0.25, 0.3) is 0 Å². The average molecular weight is 314 g/mol. The van der Waals surface area contributed by atoms with E-state index in [0.29, 0.717) is 12.3 Å². The maximum absolute atomic E-state index is 11.7. The summed E-state index contributed by atoms with van der Waals surface area (Å²) >= 11 is 0. The minimum Gasteiger partial charge on any atom is -0.441 e. The topological polar surface area (TPSA) is 55.1 Å². The van der Waals surface area contributed by atoms with Gasteiger partial charge in [-0.05, 0) is 45.2 Å². The Morgan fingerprint density at radius 1 is 1.26 bits per heavy atom. The number of nitrogens with one attached hydrogen (secondary N) is 1. The zero-order valence-corrected chi connectivity index (χ0v) is 14.3. The molecule has 2 aromatic rings. The van der Waals surface area contributed by atoms with Gasteiger partial charge in [0.2, 0.25) is 11.8 Å². The molecule has 0 saturated heterocycles. The second-order valence-corrected chi connectivity index (χ2v) is 5.95. The van der Waals surface area contributed by atoms with Crippen LogP contribution in [0.2, 0.25) is 0 Å². The summed E-state index contributed by atoms with van der Waals surface area (Å²) in [4.78, 5) is 16.3. The van der Waals surface area contributed by atoms with Crippen LogP contribution >= 0.6 is 0 Å². The lowest BCUT2D eigenvalue weighted by atomic mass is 10.1. The fourth-order valence-corrected chi connectivity index (χ4v) is 2.47. The number of nitrogens with zero attached hydrogens (tertiary/aromatic N) is 1. The van der Waals surface area contributed by atoms with Crippen molar-refractivity contribution < 1.29 is 9.21 Å². The lowest BCUT2D eigenvalue weighted by Gasteiger charge is -2.03. The van der Waals surface area contributed by atoms with E-state index in [4.69, 9.17) is 4.42 Å². The van der Waals surface area contributed by atoms with Gasteiger partial charge in [-0.1, -0.05) is 31.0 Å². The number of rotatable bonds is 8. The van der Waals surface area contributed by atoms with Gasteiger partial charge in [-0.25, -0.2) is 4.98 Å². The Labute approximate surface area is 138 Å². The highest BCUT2D eigenvalue weighted by Crippen LogP contribution is 2.23. The van der Waals surface area contributed by atoms with Gasteiger partial charge in [0.05, 0.1) is 5.69 Å². The number of benzene rings is 1. The van der Waals surface area contributed by atoms with Gasteiger partial charge in [0.1, 0.15) is 5.76 Å². The predicted octanol–water partition coefficient (Wildman–Crippen LogP) is 4.20. The highest BCUT2D eigenvalue weighted by Gasteiger charge is 2.12. The normalized spacial score (nSPS) is 10.7. The molecule has 1 amide bonds. The highest BCUT2D eigenvalue weighted by molar-refractivity contribution is 5.75. The maximum atomic E-state index is 11.7. The number of aryl methyl sites for hydroxylation is 3. The predicted molar refractivity (Wildman–Crippen MR) is 92.3 cm³/mol. The molecular weight excluding hydrogens is 288 g/mol. The molecule has 0 fully saturated rings. The van der Waals surface area contributed by atoms with Crippen LogP contribution in [0, 0.1) is 13.8 Å². The first kappa shape index (κ1) is 17.3. The summed E-state index contributed by atoms with van der Waals surface area (Å²) in [6, 6.07) is 8.13. The summed E-state index contributed by atoms with van der Waals surface area (Å²) < 4.78 is 5.78. The van der Waals surface area contributed by atoms with Crippen molar-refractivity contribution in [3.8, 4) is 11.5 Å². The third-order valence-corrected chi connectivity index (χ3v) is 3.83. The van der Waals surface area contributed by atoms with Crippen LogP contribution in [-0.2, 0) is 11.2 Å². The molecule has 0 saturated carbocycles. The fraction of sp³-hybridized carbons (Fsp3) is 0.474. The van der Waals surface area contributed by atoms with E-state index >= 15 is 0 Å². The van der Waals surface area contributed by atoms with Crippen molar-refractivity contribution in [1.82, 2.24) is 10.3 Å². The molecule has 0 bridgehead atoms. The minimum absolute atomic E-state index is 0.124. The maximum Gasteiger partial charge on any atom is 0.226 e. The van der Waals surface area contributed by atoms with Gasteiger partial charge < -0.3 is 9.73 Å². The molecule has 124 valence electrons. The van der Waals surface area contributed by atoms with E-state index in [1.807, 2.05) is 19.1 Å². The van der Waals surface area contributed by atoms with Gasteiger partial charge in [0, 0.05) is 18.5 Å². The summed E-state index contributed by atoms with van der Waals surface area (Å²) in [6.07, 6.45) is 4.23. The number of hydrogen-bond donors (Lipinski definition) is 1. The quantitative estimate of drug-likeness (QED) is 0.743. The zero-order valence-electron chi connectivity index (χ0n) is 14.3. The molecule has 1 aromatic carbocycles. The van der Waals surface area contributed by atoms with Crippen LogP contribution in [-0.4, -0.2) is 17.4 Å². The zero-order chi connectivity index (χ0) is 16.7. The smallest absolute Gasteiger partial charge is 0.226 e. The van der Waals surface area contributed by atoms with Crippen molar-refractivity contribution in [2.75, 3.05) is 6.54 Å². The molecule has 0 aliphatic heterocycles. The molecule has 0 aliphatic rings. The van der Waals surface area contributed by atoms with Crippen LogP contribution in [0.4, 0.5) is 0 Å². The average Bonchev–Trinajstić information content (AvgIpc) is 2.89. The molecule has 2 rings (SSSR count). The number of oxazole rings is 1. The molecule has 0 atom stereocenters. The monoisotopic (exact) mass is 314 g/mol. The molecule has 0 spiro atoms. The molecule has 1 N–H and O–H groups in total. The van der Waals surface area contributed by atoms with Crippen molar-refractivity contribution in [2.45, 2.75) is 52.9 Å². The number of hydrogen-bond acceptors (Lipinski definition) is 3. The third kappa shape index (κ3) is 5.23. The Hall–Kier alpha value is -2.10. The first-order valence-corrected chi connectivity index (χ1v) is 8.40. The summed E-state index contributed by atoms with van der Waals surface area (Å²) in [5.74, 6) is 1.63. The number of unbranched alkanes of at least 4 members (excludes halogenated alkanes) is 1. The standard InChI is InChI=1S/C19H26N2O2/c1-4-5-12-20-18(22)11-7-10-17-15(3)23-19(21-17)16-9-6-8-14(2)13-16/h6,8-9,13H,4-5,7,10-12H2,1-3H3,(H,20,22). The third-order valence-electron chi connectivity index (χ3n) is 3.83. The molecular formula is C19H26N2O2. The number of aromatic nitrogens is 1. The van der Waals surface area contributed by atoms with Crippen molar-refractivity contribution in [3.05, 3.63) is 41.3 Å². The van der Waals surface area contributed by atoms with E-state index in [2.05, 4.69) is 36.3 Å². The van der Waals surface area contributed by atoms with E-state index < -0.39 is 0 Å². The number of carbonyl (C=O) groups excluding carboxylic acids is 1. The largest absolute Gasteiger partial charge is 0.441 e. The fourth-order valence-electron chi connectivity index (χ4n) is 2.47. The van der Waals surface area contributed by atoms with E-state index in [0.717, 1.165) is 49.2 Å². The van der Waals surface area contributed by atoms with Gasteiger partial charge >= 0.3 is 0 Å². The van der Waals surface area contributed by atoms with Crippen molar-refractivity contribution >= 4 is 5.91 Å². The molecule has 4 nitrogen and oxygen atoms in total. The second-order valence-electron chi connectivity index (χ2n) is 5.95. The summed E-state index contributed by atoms with van der Waals surface area (Å²) in [5, 5.41) is 2.94. The van der Waals surface area contributed by atoms with Crippen molar-refractivity contribution in [1.29, 1.82) is 0 Å². The summed E-state index contributed by atoms with van der Waals surface area (Å²) in [6.45, 7) is 6.88. The molecule has 1 aromatic heterocycles. The van der Waals surface area contributed by atoms with Crippen molar-refractivity contribution in [3.63, 3.8) is 0 Å². The summed E-state index contributed by atoms with van der Waals surface area (Å²) in [5.41, 5.74) is 3.13. The van der Waals surface area contributed by atoms with Gasteiger partial charge in [-0.3, -0.25) is 4.79 Å². The molecule has 0 radical (unpaired) electrons. The Morgan fingerprint density at radius 3 is 2.83 bits per heavy atom. The van der Waals surface area contributed by atoms with Crippen LogP contribution < -0.4 is 5.32 Å². The first-order chi connectivity index (χ1) is 11.1. The lowest BCUT2D eigenvalue weighted by molar-refractivity contribution is -0.121. The van der Waals surface area contributed by atoms with E-state index in [-0.39, 0.29) is 5.91 Å². The Balaban J connectivity index is 1.88. The number of amides is 1. The molecule has 1 heterocycles. The van der Waals surface area contributed by atoms with Crippen LogP contribution in [0.1, 0.15) is 49.6 Å². The van der Waals surface area contributed by atoms with E-state index in [1.165, 1.54) is 5.56 Å². The van der Waals surface area contributed by atoms with Gasteiger partial charge in [-0.15, -0.1) is 0 Å². The lowest BCUT2D eigenvalue weighted by Crippen LogP contribution is -2.24. The second kappa shape index (κ2) is 8.51. The Morgan fingerprint density at radius 2 is 2.09 bits per heavy atom. The highest BCUT2D eigenvalue weighted by atomic mass is 16.4. The Bertz CT molecular complexity index is 647. The van der Waals surface area contributed by atoms with Crippen LogP contribution in [0.25, 0.3) is 11.5 Å². The SMILES string of the molecule is CCCCNC(=O)CCCc1nc(-c2cccc(C)c2)oc1C. The van der Waals surface area contributed by atoms with Crippen molar-refractivity contribution in [2.24, 2.45) is 0 Å². The van der Waals surface area contributed by atoms with Gasteiger partial charge in [0.15, 0.2) is 0 Å². The molecule has 4 heteroatoms. The Kier molecular flexibility index (Phi) is 6.39. The first-order valence-electron chi connectivity index (χ1n) is 8.40. The van der Waals surface area contributed by atoms with E-state index in [1.54, 1.807) is 0 Å². The molecule has 0 aliphatic carbocycles. The summed E-state index contributed by atoms with van der Waals surface area (Å²) in [7, 11) is 0. The molecule has 23 heavy (non-hydrogen) atoms. The van der Waals surface area contributed by atoms with Crippen LogP contribution in [0.3, 0.4) is 0 Å². The number of carbonyl (C=O) groups is 1.